The molecule has 0 saturated heterocycles. The van der Waals surface area contributed by atoms with Crippen LogP contribution in [0.4, 0.5) is 5.95 Å². The van der Waals surface area contributed by atoms with E-state index in [-0.39, 0.29) is 11.6 Å². The Morgan fingerprint density at radius 2 is 2.12 bits per heavy atom. The first-order valence-electron chi connectivity index (χ1n) is 5.02. The van der Waals surface area contributed by atoms with Gasteiger partial charge in [0.05, 0.1) is 0 Å². The number of carbonyl (C=O) groups is 1. The fourth-order valence-electron chi connectivity index (χ4n) is 1.15. The first-order valence-corrected chi connectivity index (χ1v) is 5.02. The zero-order valence-electron chi connectivity index (χ0n) is 10.2. The molecule has 1 rings (SSSR count). The zero-order valence-corrected chi connectivity index (χ0v) is 10.2. The van der Waals surface area contributed by atoms with E-state index in [2.05, 4.69) is 9.97 Å². The van der Waals surface area contributed by atoms with Crippen molar-refractivity contribution in [2.45, 2.75) is 26.3 Å². The SMILES string of the molecule is Cc1cc(C#N)nc(N(C)C(C)(C)C(=O)O)n1. The van der Waals surface area contributed by atoms with Crippen LogP contribution in [0, 0.1) is 18.3 Å². The van der Waals surface area contributed by atoms with E-state index in [1.54, 1.807) is 33.9 Å². The summed E-state index contributed by atoms with van der Waals surface area (Å²) >= 11 is 0. The van der Waals surface area contributed by atoms with Crippen LogP contribution in [0.25, 0.3) is 0 Å². The number of carboxylic acid groups (broad SMARTS) is 1. The minimum absolute atomic E-state index is 0.223. The predicted octanol–water partition coefficient (Wildman–Crippen LogP) is 0.956. The average Bonchev–Trinajstić information content (AvgIpc) is 2.26. The summed E-state index contributed by atoms with van der Waals surface area (Å²) in [6.07, 6.45) is 0. The van der Waals surface area contributed by atoms with Crippen LogP contribution in [0.3, 0.4) is 0 Å². The third kappa shape index (κ3) is 2.50. The third-order valence-electron chi connectivity index (χ3n) is 2.62. The van der Waals surface area contributed by atoms with E-state index in [1.165, 1.54) is 4.90 Å². The number of nitrogens with zero attached hydrogens (tertiary/aromatic N) is 4. The Labute approximate surface area is 99.5 Å². The summed E-state index contributed by atoms with van der Waals surface area (Å²) in [7, 11) is 1.59. The molecule has 0 aliphatic heterocycles. The summed E-state index contributed by atoms with van der Waals surface area (Å²) in [5.41, 5.74) is -0.291. The number of carboxylic acids is 1. The van der Waals surface area contributed by atoms with Crippen molar-refractivity contribution in [3.8, 4) is 6.07 Å². The van der Waals surface area contributed by atoms with Gasteiger partial charge in [-0.1, -0.05) is 0 Å². The largest absolute Gasteiger partial charge is 0.480 e. The molecule has 90 valence electrons. The predicted molar refractivity (Wildman–Crippen MR) is 61.6 cm³/mol. The monoisotopic (exact) mass is 234 g/mol. The lowest BCUT2D eigenvalue weighted by atomic mass is 10.1. The lowest BCUT2D eigenvalue weighted by molar-refractivity contribution is -0.142. The normalized spacial score (nSPS) is 10.8. The number of nitriles is 1. The molecule has 0 spiro atoms. The maximum atomic E-state index is 11.1. The molecule has 6 nitrogen and oxygen atoms in total. The highest BCUT2D eigenvalue weighted by atomic mass is 16.4. The number of rotatable bonds is 3. The summed E-state index contributed by atoms with van der Waals surface area (Å²) in [4.78, 5) is 20.7. The van der Waals surface area contributed by atoms with Crippen molar-refractivity contribution in [2.24, 2.45) is 0 Å². The van der Waals surface area contributed by atoms with E-state index in [1.807, 2.05) is 6.07 Å². The van der Waals surface area contributed by atoms with Crippen LogP contribution >= 0.6 is 0 Å². The van der Waals surface area contributed by atoms with Gasteiger partial charge in [-0.3, -0.25) is 0 Å². The van der Waals surface area contributed by atoms with Crippen LogP contribution < -0.4 is 4.90 Å². The maximum Gasteiger partial charge on any atom is 0.329 e. The molecule has 1 aromatic heterocycles. The van der Waals surface area contributed by atoms with E-state index in [0.717, 1.165) is 0 Å². The Morgan fingerprint density at radius 3 is 2.59 bits per heavy atom. The number of anilines is 1. The number of hydrogen-bond donors (Lipinski definition) is 1. The zero-order chi connectivity index (χ0) is 13.2. The van der Waals surface area contributed by atoms with Crippen LogP contribution in [0.15, 0.2) is 6.07 Å². The highest BCUT2D eigenvalue weighted by Crippen LogP contribution is 2.19. The second-order valence-corrected chi connectivity index (χ2v) is 4.23. The Morgan fingerprint density at radius 1 is 1.53 bits per heavy atom. The van der Waals surface area contributed by atoms with Crippen LogP contribution in [-0.2, 0) is 4.79 Å². The third-order valence-corrected chi connectivity index (χ3v) is 2.62. The molecule has 0 bridgehead atoms. The highest BCUT2D eigenvalue weighted by Gasteiger charge is 2.33. The molecule has 0 fully saturated rings. The quantitative estimate of drug-likeness (QED) is 0.837. The Bertz CT molecular complexity index is 491. The average molecular weight is 234 g/mol. The molecule has 0 aliphatic rings. The molecular weight excluding hydrogens is 220 g/mol. The van der Waals surface area contributed by atoms with Gasteiger partial charge in [0.25, 0.3) is 0 Å². The Hall–Kier alpha value is -2.16. The molecule has 0 radical (unpaired) electrons. The number of aromatic nitrogens is 2. The van der Waals surface area contributed by atoms with Gasteiger partial charge >= 0.3 is 5.97 Å². The van der Waals surface area contributed by atoms with E-state index in [0.29, 0.717) is 5.69 Å². The van der Waals surface area contributed by atoms with Crippen LogP contribution in [0.5, 0.6) is 0 Å². The second kappa shape index (κ2) is 4.37. The van der Waals surface area contributed by atoms with Gasteiger partial charge in [-0.25, -0.2) is 14.8 Å². The molecule has 1 N–H and O–H groups in total. The smallest absolute Gasteiger partial charge is 0.329 e. The molecule has 1 heterocycles. The number of aliphatic carboxylic acids is 1. The summed E-state index contributed by atoms with van der Waals surface area (Å²) < 4.78 is 0. The van der Waals surface area contributed by atoms with Gasteiger partial charge < -0.3 is 10.0 Å². The summed E-state index contributed by atoms with van der Waals surface area (Å²) in [6, 6.07) is 3.47. The van der Waals surface area contributed by atoms with Crippen LogP contribution in [0.1, 0.15) is 25.2 Å². The minimum Gasteiger partial charge on any atom is -0.480 e. The summed E-state index contributed by atoms with van der Waals surface area (Å²) in [6.45, 7) is 4.83. The van der Waals surface area contributed by atoms with E-state index < -0.39 is 11.5 Å². The summed E-state index contributed by atoms with van der Waals surface area (Å²) in [5.74, 6) is -0.752. The van der Waals surface area contributed by atoms with Gasteiger partial charge in [-0.15, -0.1) is 0 Å². The molecule has 0 aromatic carbocycles. The number of aryl methyl sites for hydroxylation is 1. The van der Waals surface area contributed by atoms with Crippen molar-refractivity contribution < 1.29 is 9.90 Å². The van der Waals surface area contributed by atoms with Gasteiger partial charge in [0.1, 0.15) is 17.3 Å². The Kier molecular flexibility index (Phi) is 3.32. The van der Waals surface area contributed by atoms with Crippen molar-refractivity contribution >= 4 is 11.9 Å². The first kappa shape index (κ1) is 12.9. The second-order valence-electron chi connectivity index (χ2n) is 4.23. The Balaban J connectivity index is 3.22. The molecule has 0 atom stereocenters. The maximum absolute atomic E-state index is 11.1. The fraction of sp³-hybridized carbons (Fsp3) is 0.455. The van der Waals surface area contributed by atoms with Crippen molar-refractivity contribution in [3.63, 3.8) is 0 Å². The standard InChI is InChI=1S/C11H14N4O2/c1-7-5-8(6-12)14-10(13-7)15(4)11(2,3)9(16)17/h5H,1-4H3,(H,16,17). The molecule has 0 amide bonds. The molecule has 1 aromatic rings. The number of hydrogen-bond acceptors (Lipinski definition) is 5. The van der Waals surface area contributed by atoms with E-state index in [9.17, 15) is 4.79 Å². The molecule has 17 heavy (non-hydrogen) atoms. The van der Waals surface area contributed by atoms with Gasteiger partial charge in [-0.05, 0) is 26.8 Å². The topological polar surface area (TPSA) is 90.1 Å². The molecule has 6 heteroatoms. The van der Waals surface area contributed by atoms with Crippen molar-refractivity contribution in [2.75, 3.05) is 11.9 Å². The van der Waals surface area contributed by atoms with Crippen molar-refractivity contribution in [1.82, 2.24) is 9.97 Å². The lowest BCUT2D eigenvalue weighted by Crippen LogP contribution is -2.49. The highest BCUT2D eigenvalue weighted by molar-refractivity contribution is 5.81. The molecule has 0 unspecified atom stereocenters. The first-order chi connectivity index (χ1) is 7.78. The van der Waals surface area contributed by atoms with Gasteiger partial charge in [0.2, 0.25) is 5.95 Å². The lowest BCUT2D eigenvalue weighted by Gasteiger charge is -2.31. The minimum atomic E-state index is -1.14. The van der Waals surface area contributed by atoms with Gasteiger partial charge in [0.15, 0.2) is 0 Å². The van der Waals surface area contributed by atoms with E-state index in [4.69, 9.17) is 10.4 Å². The molecule has 0 saturated carbocycles. The van der Waals surface area contributed by atoms with Crippen LogP contribution in [-0.4, -0.2) is 33.6 Å². The molecule has 0 aliphatic carbocycles. The van der Waals surface area contributed by atoms with Crippen molar-refractivity contribution in [3.05, 3.63) is 17.5 Å². The van der Waals surface area contributed by atoms with Gasteiger partial charge in [0, 0.05) is 12.7 Å². The van der Waals surface area contributed by atoms with E-state index >= 15 is 0 Å². The van der Waals surface area contributed by atoms with Crippen molar-refractivity contribution in [1.29, 1.82) is 5.26 Å². The fourth-order valence-corrected chi connectivity index (χ4v) is 1.15. The summed E-state index contributed by atoms with van der Waals surface area (Å²) in [5, 5.41) is 17.9. The number of likely N-dealkylation sites (N-methyl/N-ethyl adjacent to an activating group) is 1. The van der Waals surface area contributed by atoms with Gasteiger partial charge in [-0.2, -0.15) is 5.26 Å². The van der Waals surface area contributed by atoms with Crippen LogP contribution in [0.2, 0.25) is 0 Å². The molecular formula is C11H14N4O2.